The summed E-state index contributed by atoms with van der Waals surface area (Å²) in [6, 6.07) is 0.780. The van der Waals surface area contributed by atoms with E-state index in [1.807, 2.05) is 0 Å². The Hall–Kier alpha value is -1.32. The van der Waals surface area contributed by atoms with E-state index in [4.69, 9.17) is 10.2 Å². The van der Waals surface area contributed by atoms with E-state index in [1.54, 1.807) is 0 Å². The number of pyridine rings is 1. The lowest BCUT2D eigenvalue weighted by Gasteiger charge is -1.91. The summed E-state index contributed by atoms with van der Waals surface area (Å²) in [5.74, 6) is -1.92. The fraction of sp³-hybridized carbons (Fsp3) is 0. The summed E-state index contributed by atoms with van der Waals surface area (Å²) < 4.78 is 12.1. The van der Waals surface area contributed by atoms with Crippen LogP contribution >= 0.6 is 0 Å². The van der Waals surface area contributed by atoms with Crippen molar-refractivity contribution in [1.82, 2.24) is 4.98 Å². The van der Waals surface area contributed by atoms with Crippen LogP contribution in [-0.2, 0) is 0 Å². The van der Waals surface area contributed by atoms with E-state index in [0.29, 0.717) is 0 Å². The van der Waals surface area contributed by atoms with Gasteiger partial charge in [-0.1, -0.05) is 0 Å². The van der Waals surface area contributed by atoms with E-state index in [1.165, 1.54) is 0 Å². The van der Waals surface area contributed by atoms with Gasteiger partial charge in [-0.05, 0) is 0 Å². The summed E-state index contributed by atoms with van der Waals surface area (Å²) in [6.07, 6.45) is 0.957. The molecular formula is C5H4FNO2. The zero-order chi connectivity index (χ0) is 6.85. The molecule has 0 aliphatic heterocycles. The second-order valence-electron chi connectivity index (χ2n) is 1.50. The predicted octanol–water partition coefficient (Wildman–Crippen LogP) is 0.632. The minimum Gasteiger partial charge on any atom is -0.506 e. The molecule has 0 atom stereocenters. The number of aromatic nitrogens is 1. The lowest BCUT2D eigenvalue weighted by molar-refractivity contribution is 0.400. The molecule has 0 spiro atoms. The largest absolute Gasteiger partial charge is 0.506 e. The number of rotatable bonds is 0. The van der Waals surface area contributed by atoms with Gasteiger partial charge in [0, 0.05) is 6.07 Å². The summed E-state index contributed by atoms with van der Waals surface area (Å²) in [5.41, 5.74) is 0. The molecule has 0 saturated carbocycles. The van der Waals surface area contributed by atoms with Crippen LogP contribution in [0.25, 0.3) is 0 Å². The maximum absolute atomic E-state index is 12.1. The van der Waals surface area contributed by atoms with E-state index in [0.717, 1.165) is 12.3 Å². The van der Waals surface area contributed by atoms with Gasteiger partial charge in [0.1, 0.15) is 5.75 Å². The Morgan fingerprint density at radius 2 is 2.11 bits per heavy atom. The van der Waals surface area contributed by atoms with Crippen molar-refractivity contribution in [1.29, 1.82) is 0 Å². The van der Waals surface area contributed by atoms with Crippen LogP contribution in [0.1, 0.15) is 0 Å². The molecule has 0 aliphatic carbocycles. The monoisotopic (exact) mass is 129 g/mol. The van der Waals surface area contributed by atoms with Crippen molar-refractivity contribution in [2.24, 2.45) is 0 Å². The summed E-state index contributed by atoms with van der Waals surface area (Å²) in [4.78, 5) is 3.11. The number of halogens is 1. The Morgan fingerprint density at radius 3 is 2.56 bits per heavy atom. The quantitative estimate of drug-likeness (QED) is 0.540. The lowest BCUT2D eigenvalue weighted by atomic mass is 10.4. The Labute approximate surface area is 50.4 Å². The van der Waals surface area contributed by atoms with Gasteiger partial charge < -0.3 is 10.2 Å². The van der Waals surface area contributed by atoms with Crippen LogP contribution in [0.4, 0.5) is 4.39 Å². The third kappa shape index (κ3) is 1.07. The molecule has 0 unspecified atom stereocenters. The summed E-state index contributed by atoms with van der Waals surface area (Å²) in [6.45, 7) is 0. The van der Waals surface area contributed by atoms with E-state index >= 15 is 0 Å². The van der Waals surface area contributed by atoms with Crippen LogP contribution in [0, 0.1) is 5.82 Å². The standard InChI is InChI=1S/C5H4FNO2/c6-4-1-3(8)2-7-5(4)9/h1-2,8H,(H,7,9). The molecule has 1 rings (SSSR count). The maximum Gasteiger partial charge on any atom is 0.248 e. The molecule has 48 valence electrons. The van der Waals surface area contributed by atoms with E-state index in [2.05, 4.69) is 4.98 Å². The Bertz CT molecular complexity index is 226. The average Bonchev–Trinajstić information content (AvgIpc) is 1.80. The normalized spacial score (nSPS) is 9.44. The van der Waals surface area contributed by atoms with E-state index < -0.39 is 11.7 Å². The Balaban J connectivity index is 3.17. The molecule has 0 saturated heterocycles. The molecule has 2 N–H and O–H groups in total. The number of hydrogen-bond acceptors (Lipinski definition) is 3. The van der Waals surface area contributed by atoms with Crippen molar-refractivity contribution >= 4 is 0 Å². The topological polar surface area (TPSA) is 53.4 Å². The first kappa shape index (κ1) is 5.81. The van der Waals surface area contributed by atoms with E-state index in [9.17, 15) is 4.39 Å². The second-order valence-corrected chi connectivity index (χ2v) is 1.50. The van der Waals surface area contributed by atoms with Gasteiger partial charge in [-0.3, -0.25) is 0 Å². The van der Waals surface area contributed by atoms with Gasteiger partial charge in [0.25, 0.3) is 0 Å². The van der Waals surface area contributed by atoms with Crippen LogP contribution in [0.3, 0.4) is 0 Å². The predicted molar refractivity (Wildman–Crippen MR) is 27.5 cm³/mol. The zero-order valence-corrected chi connectivity index (χ0v) is 4.37. The molecule has 0 radical (unpaired) electrons. The van der Waals surface area contributed by atoms with Gasteiger partial charge >= 0.3 is 0 Å². The van der Waals surface area contributed by atoms with Crippen molar-refractivity contribution in [3.8, 4) is 11.6 Å². The summed E-state index contributed by atoms with van der Waals surface area (Å²) in [5, 5.41) is 17.0. The highest BCUT2D eigenvalue weighted by Crippen LogP contribution is 2.15. The van der Waals surface area contributed by atoms with Gasteiger partial charge in [0.15, 0.2) is 5.82 Å². The molecular weight excluding hydrogens is 125 g/mol. The highest BCUT2D eigenvalue weighted by Gasteiger charge is 1.99. The van der Waals surface area contributed by atoms with Crippen molar-refractivity contribution in [2.75, 3.05) is 0 Å². The first-order chi connectivity index (χ1) is 4.20. The fourth-order valence-corrected chi connectivity index (χ4v) is 0.421. The average molecular weight is 129 g/mol. The smallest absolute Gasteiger partial charge is 0.248 e. The van der Waals surface area contributed by atoms with Crippen molar-refractivity contribution in [2.45, 2.75) is 0 Å². The molecule has 4 heteroatoms. The van der Waals surface area contributed by atoms with Crippen molar-refractivity contribution < 1.29 is 14.6 Å². The Kier molecular flexibility index (Phi) is 1.22. The molecule has 0 bridgehead atoms. The Morgan fingerprint density at radius 1 is 1.44 bits per heavy atom. The zero-order valence-electron chi connectivity index (χ0n) is 4.37. The molecule has 9 heavy (non-hydrogen) atoms. The van der Waals surface area contributed by atoms with Gasteiger partial charge in [-0.2, -0.15) is 0 Å². The van der Waals surface area contributed by atoms with Gasteiger partial charge in [-0.15, -0.1) is 0 Å². The summed E-state index contributed by atoms with van der Waals surface area (Å²) >= 11 is 0. The van der Waals surface area contributed by atoms with Gasteiger partial charge in [-0.25, -0.2) is 9.37 Å². The maximum atomic E-state index is 12.1. The van der Waals surface area contributed by atoms with Crippen molar-refractivity contribution in [3.05, 3.63) is 18.1 Å². The third-order valence-electron chi connectivity index (χ3n) is 0.807. The number of hydrogen-bond donors (Lipinski definition) is 2. The number of aromatic hydroxyl groups is 2. The second kappa shape index (κ2) is 1.89. The highest BCUT2D eigenvalue weighted by atomic mass is 19.1. The first-order valence-electron chi connectivity index (χ1n) is 2.23. The van der Waals surface area contributed by atoms with Crippen LogP contribution in [0.2, 0.25) is 0 Å². The highest BCUT2D eigenvalue weighted by molar-refractivity contribution is 5.22. The molecule has 1 heterocycles. The van der Waals surface area contributed by atoms with Crippen LogP contribution < -0.4 is 0 Å². The molecule has 0 fully saturated rings. The minimum absolute atomic E-state index is 0.301. The lowest BCUT2D eigenvalue weighted by Crippen LogP contribution is -1.78. The molecule has 0 aliphatic rings. The SMILES string of the molecule is Oc1cnc(O)c(F)c1. The van der Waals surface area contributed by atoms with Gasteiger partial charge in [0.05, 0.1) is 6.20 Å². The van der Waals surface area contributed by atoms with Crippen LogP contribution in [-0.4, -0.2) is 15.2 Å². The van der Waals surface area contributed by atoms with Crippen molar-refractivity contribution in [3.63, 3.8) is 0 Å². The van der Waals surface area contributed by atoms with Gasteiger partial charge in [0.2, 0.25) is 5.88 Å². The third-order valence-corrected chi connectivity index (χ3v) is 0.807. The minimum atomic E-state index is -0.921. The number of nitrogens with zero attached hydrogens (tertiary/aromatic N) is 1. The van der Waals surface area contributed by atoms with Crippen LogP contribution in [0.5, 0.6) is 11.6 Å². The molecule has 1 aromatic heterocycles. The fourth-order valence-electron chi connectivity index (χ4n) is 0.421. The first-order valence-corrected chi connectivity index (χ1v) is 2.23. The molecule has 1 aromatic rings. The van der Waals surface area contributed by atoms with Crippen LogP contribution in [0.15, 0.2) is 12.3 Å². The molecule has 0 aromatic carbocycles. The molecule has 3 nitrogen and oxygen atoms in total. The van der Waals surface area contributed by atoms with E-state index in [-0.39, 0.29) is 5.75 Å². The summed E-state index contributed by atoms with van der Waals surface area (Å²) in [7, 11) is 0. The molecule has 0 amide bonds.